The molecule has 0 bridgehead atoms. The van der Waals surface area contributed by atoms with Crippen molar-refractivity contribution in [1.82, 2.24) is 0 Å². The van der Waals surface area contributed by atoms with E-state index in [1.165, 1.54) is 0 Å². The molecule has 94 valence electrons. The summed E-state index contributed by atoms with van der Waals surface area (Å²) in [5.74, 6) is 0.0549. The number of halogens is 1. The van der Waals surface area contributed by atoms with Gasteiger partial charge >= 0.3 is 0 Å². The number of nitrogens with zero attached hydrogens (tertiary/aromatic N) is 1. The Morgan fingerprint density at radius 1 is 1.33 bits per heavy atom. The molecule has 1 aliphatic rings. The van der Waals surface area contributed by atoms with Crippen LogP contribution in [0.15, 0.2) is 40.5 Å². The standard InChI is InChI=1S/C14H15ClN2O/c1-17-14(9-5-2-3-6-10(9)15)13-11(16)7-4-8-12(13)18/h2-3,5-6H,4,7-8,16H2,1H3. The number of carbonyl (C=O) groups is 1. The van der Waals surface area contributed by atoms with Crippen molar-refractivity contribution in [3.05, 3.63) is 46.1 Å². The minimum atomic E-state index is 0.0549. The van der Waals surface area contributed by atoms with Crippen LogP contribution in [0.3, 0.4) is 0 Å². The third-order valence-electron chi connectivity index (χ3n) is 3.04. The van der Waals surface area contributed by atoms with Crippen molar-refractivity contribution in [2.24, 2.45) is 10.7 Å². The summed E-state index contributed by atoms with van der Waals surface area (Å²) in [6, 6.07) is 7.36. The molecule has 4 heteroatoms. The first-order chi connectivity index (χ1) is 8.65. The van der Waals surface area contributed by atoms with Gasteiger partial charge in [0.15, 0.2) is 5.78 Å². The smallest absolute Gasteiger partial charge is 0.166 e. The molecule has 0 radical (unpaired) electrons. The van der Waals surface area contributed by atoms with E-state index in [1.807, 2.05) is 18.2 Å². The van der Waals surface area contributed by atoms with Crippen molar-refractivity contribution in [1.29, 1.82) is 0 Å². The molecule has 0 atom stereocenters. The summed E-state index contributed by atoms with van der Waals surface area (Å²) in [5.41, 5.74) is 8.48. The molecule has 0 saturated heterocycles. The molecule has 2 N–H and O–H groups in total. The van der Waals surface area contributed by atoms with E-state index in [1.54, 1.807) is 13.1 Å². The number of aliphatic imine (C=N–C) groups is 1. The Balaban J connectivity index is 2.54. The van der Waals surface area contributed by atoms with Crippen LogP contribution in [0.1, 0.15) is 24.8 Å². The van der Waals surface area contributed by atoms with Gasteiger partial charge in [-0.05, 0) is 18.9 Å². The molecule has 0 saturated carbocycles. The Kier molecular flexibility index (Phi) is 3.82. The zero-order chi connectivity index (χ0) is 13.1. The zero-order valence-electron chi connectivity index (χ0n) is 10.2. The molecule has 0 unspecified atom stereocenters. The van der Waals surface area contributed by atoms with Crippen LogP contribution in [0, 0.1) is 0 Å². The largest absolute Gasteiger partial charge is 0.401 e. The predicted molar refractivity (Wildman–Crippen MR) is 74.0 cm³/mol. The van der Waals surface area contributed by atoms with E-state index in [2.05, 4.69) is 4.99 Å². The Labute approximate surface area is 111 Å². The molecule has 0 aromatic heterocycles. The van der Waals surface area contributed by atoms with Crippen LogP contribution >= 0.6 is 11.6 Å². The van der Waals surface area contributed by atoms with Gasteiger partial charge in [-0.25, -0.2) is 0 Å². The van der Waals surface area contributed by atoms with Crippen molar-refractivity contribution in [3.8, 4) is 0 Å². The fraction of sp³-hybridized carbons (Fsp3) is 0.286. The first-order valence-electron chi connectivity index (χ1n) is 5.89. The maximum absolute atomic E-state index is 12.0. The number of benzene rings is 1. The number of hydrogen-bond acceptors (Lipinski definition) is 3. The quantitative estimate of drug-likeness (QED) is 0.833. The molecule has 0 amide bonds. The molecule has 1 aliphatic carbocycles. The summed E-state index contributed by atoms with van der Waals surface area (Å²) >= 11 is 6.16. The Morgan fingerprint density at radius 3 is 2.67 bits per heavy atom. The van der Waals surface area contributed by atoms with Crippen LogP contribution < -0.4 is 5.73 Å². The van der Waals surface area contributed by atoms with Gasteiger partial charge in [-0.2, -0.15) is 0 Å². The molecule has 0 aliphatic heterocycles. The zero-order valence-corrected chi connectivity index (χ0v) is 11.0. The summed E-state index contributed by atoms with van der Waals surface area (Å²) in [7, 11) is 1.65. The van der Waals surface area contributed by atoms with Crippen molar-refractivity contribution < 1.29 is 4.79 Å². The van der Waals surface area contributed by atoms with Gasteiger partial charge in [-0.3, -0.25) is 9.79 Å². The molecule has 18 heavy (non-hydrogen) atoms. The average molecular weight is 263 g/mol. The van der Waals surface area contributed by atoms with Crippen LogP contribution in [0.2, 0.25) is 5.02 Å². The monoisotopic (exact) mass is 262 g/mol. The summed E-state index contributed by atoms with van der Waals surface area (Å²) in [6.07, 6.45) is 2.08. The maximum Gasteiger partial charge on any atom is 0.166 e. The maximum atomic E-state index is 12.0. The predicted octanol–water partition coefficient (Wildman–Crippen LogP) is 2.72. The molecule has 1 aromatic rings. The fourth-order valence-corrected chi connectivity index (χ4v) is 2.40. The second kappa shape index (κ2) is 5.36. The van der Waals surface area contributed by atoms with Gasteiger partial charge in [0, 0.05) is 29.8 Å². The normalized spacial score (nSPS) is 17.2. The van der Waals surface area contributed by atoms with E-state index in [0.717, 1.165) is 18.4 Å². The Hall–Kier alpha value is -1.61. The molecule has 3 nitrogen and oxygen atoms in total. The van der Waals surface area contributed by atoms with Gasteiger partial charge in [-0.1, -0.05) is 29.8 Å². The lowest BCUT2D eigenvalue weighted by Crippen LogP contribution is -2.23. The number of hydrogen-bond donors (Lipinski definition) is 1. The lowest BCUT2D eigenvalue weighted by Gasteiger charge is -2.18. The van der Waals surface area contributed by atoms with E-state index in [4.69, 9.17) is 17.3 Å². The van der Waals surface area contributed by atoms with Crippen molar-refractivity contribution in [2.45, 2.75) is 19.3 Å². The van der Waals surface area contributed by atoms with Gasteiger partial charge in [0.2, 0.25) is 0 Å². The van der Waals surface area contributed by atoms with Gasteiger partial charge in [0.05, 0.1) is 11.3 Å². The first-order valence-corrected chi connectivity index (χ1v) is 6.27. The highest BCUT2D eigenvalue weighted by molar-refractivity contribution is 6.38. The third-order valence-corrected chi connectivity index (χ3v) is 3.37. The molecular formula is C14H15ClN2O. The van der Waals surface area contributed by atoms with Crippen molar-refractivity contribution >= 4 is 23.1 Å². The Morgan fingerprint density at radius 2 is 2.06 bits per heavy atom. The van der Waals surface area contributed by atoms with Gasteiger partial charge < -0.3 is 5.73 Å². The minimum Gasteiger partial charge on any atom is -0.401 e. The van der Waals surface area contributed by atoms with Crippen molar-refractivity contribution in [2.75, 3.05) is 7.05 Å². The molecule has 0 fully saturated rings. The van der Waals surface area contributed by atoms with Crippen LogP contribution in [0.4, 0.5) is 0 Å². The van der Waals surface area contributed by atoms with Crippen LogP contribution in [-0.4, -0.2) is 18.5 Å². The lowest BCUT2D eigenvalue weighted by molar-refractivity contribution is -0.115. The first kappa shape index (κ1) is 12.8. The number of allylic oxidation sites excluding steroid dienone is 2. The van der Waals surface area contributed by atoms with Gasteiger partial charge in [0.1, 0.15) is 0 Å². The number of nitrogens with two attached hydrogens (primary N) is 1. The Bertz CT molecular complexity index is 546. The second-order valence-corrected chi connectivity index (χ2v) is 4.64. The van der Waals surface area contributed by atoms with Crippen LogP contribution in [0.5, 0.6) is 0 Å². The van der Waals surface area contributed by atoms with E-state index in [9.17, 15) is 4.79 Å². The van der Waals surface area contributed by atoms with Gasteiger partial charge in [-0.15, -0.1) is 0 Å². The third kappa shape index (κ3) is 2.31. The summed E-state index contributed by atoms with van der Waals surface area (Å²) in [6.45, 7) is 0. The molecular weight excluding hydrogens is 248 g/mol. The summed E-state index contributed by atoms with van der Waals surface area (Å²) in [4.78, 5) is 16.2. The van der Waals surface area contributed by atoms with E-state index < -0.39 is 0 Å². The van der Waals surface area contributed by atoms with E-state index >= 15 is 0 Å². The average Bonchev–Trinajstić information content (AvgIpc) is 2.35. The minimum absolute atomic E-state index is 0.0549. The number of rotatable bonds is 2. The number of carbonyl (C=O) groups excluding carboxylic acids is 1. The summed E-state index contributed by atoms with van der Waals surface area (Å²) in [5, 5.41) is 0.580. The lowest BCUT2D eigenvalue weighted by atomic mass is 9.89. The summed E-state index contributed by atoms with van der Waals surface area (Å²) < 4.78 is 0. The van der Waals surface area contributed by atoms with Crippen molar-refractivity contribution in [3.63, 3.8) is 0 Å². The molecule has 0 heterocycles. The number of Topliss-reactive ketones (excluding diaryl/α,β-unsaturated/α-hetero) is 1. The molecule has 1 aromatic carbocycles. The van der Waals surface area contributed by atoms with E-state index in [0.29, 0.717) is 28.4 Å². The topological polar surface area (TPSA) is 55.4 Å². The SMILES string of the molecule is CN=C(C1=C(N)CCCC1=O)c1ccccc1Cl. The van der Waals surface area contributed by atoms with Crippen LogP contribution in [0.25, 0.3) is 0 Å². The van der Waals surface area contributed by atoms with Gasteiger partial charge in [0.25, 0.3) is 0 Å². The highest BCUT2D eigenvalue weighted by Gasteiger charge is 2.24. The highest BCUT2D eigenvalue weighted by Crippen LogP contribution is 2.26. The second-order valence-electron chi connectivity index (χ2n) is 4.23. The molecule has 2 rings (SSSR count). The fourth-order valence-electron chi connectivity index (χ4n) is 2.17. The van der Waals surface area contributed by atoms with Crippen LogP contribution in [-0.2, 0) is 4.79 Å². The highest BCUT2D eigenvalue weighted by atomic mass is 35.5. The number of ketones is 1. The molecule has 0 spiro atoms. The van der Waals surface area contributed by atoms with E-state index in [-0.39, 0.29) is 5.78 Å².